The van der Waals surface area contributed by atoms with Crippen LogP contribution < -0.4 is 19.1 Å². The molecule has 0 fully saturated rings. The number of hydrogen-bond donors (Lipinski definition) is 1. The standard InChI is InChI=1S/C31H39N3O6S/c1-6-29(31(36)32-20-23(2)3)33(21-24-12-16-26(39-4)17-13-24)30(35)22-34(41(5,37)38)25-14-18-28(19-15-25)40-27-10-8-7-9-11-27/h7-19,23,29H,6,20-22H2,1-5H3,(H,32,36)/t29-/m0/s1. The van der Waals surface area contributed by atoms with E-state index in [-0.39, 0.29) is 18.4 Å². The van der Waals surface area contributed by atoms with Crippen LogP contribution in [0.5, 0.6) is 17.2 Å². The maximum Gasteiger partial charge on any atom is 0.244 e. The van der Waals surface area contributed by atoms with Gasteiger partial charge in [-0.25, -0.2) is 8.42 Å². The number of carbonyl (C=O) groups is 2. The molecule has 0 spiro atoms. The number of anilines is 1. The van der Waals surface area contributed by atoms with Gasteiger partial charge in [0.2, 0.25) is 21.8 Å². The van der Waals surface area contributed by atoms with Crippen molar-refractivity contribution in [1.29, 1.82) is 0 Å². The molecule has 41 heavy (non-hydrogen) atoms. The second-order valence-corrected chi connectivity index (χ2v) is 12.0. The monoisotopic (exact) mass is 581 g/mol. The smallest absolute Gasteiger partial charge is 0.244 e. The molecule has 3 aromatic carbocycles. The molecule has 0 saturated heterocycles. The molecule has 0 saturated carbocycles. The first-order chi connectivity index (χ1) is 19.5. The molecule has 220 valence electrons. The summed E-state index contributed by atoms with van der Waals surface area (Å²) in [5.41, 5.74) is 1.09. The summed E-state index contributed by atoms with van der Waals surface area (Å²) >= 11 is 0. The van der Waals surface area contributed by atoms with E-state index in [2.05, 4.69) is 5.32 Å². The number of sulfonamides is 1. The van der Waals surface area contributed by atoms with Gasteiger partial charge in [-0.3, -0.25) is 13.9 Å². The molecule has 1 atom stereocenters. The third kappa shape index (κ3) is 9.24. The van der Waals surface area contributed by atoms with E-state index in [1.165, 1.54) is 4.90 Å². The molecule has 0 aliphatic carbocycles. The minimum absolute atomic E-state index is 0.123. The molecule has 0 aliphatic rings. The Morgan fingerprint density at radius 3 is 2.00 bits per heavy atom. The maximum absolute atomic E-state index is 13.8. The quantitative estimate of drug-likeness (QED) is 0.292. The molecule has 2 amide bonds. The third-order valence-electron chi connectivity index (χ3n) is 6.37. The van der Waals surface area contributed by atoms with Gasteiger partial charge in [0.15, 0.2) is 0 Å². The van der Waals surface area contributed by atoms with E-state index in [9.17, 15) is 18.0 Å². The van der Waals surface area contributed by atoms with Crippen molar-refractivity contribution in [2.45, 2.75) is 39.8 Å². The first kappa shape index (κ1) is 31.5. The van der Waals surface area contributed by atoms with Crippen molar-refractivity contribution >= 4 is 27.5 Å². The topological polar surface area (TPSA) is 105 Å². The highest BCUT2D eigenvalue weighted by molar-refractivity contribution is 7.92. The third-order valence-corrected chi connectivity index (χ3v) is 7.51. The highest BCUT2D eigenvalue weighted by Crippen LogP contribution is 2.26. The van der Waals surface area contributed by atoms with E-state index in [1.54, 1.807) is 43.5 Å². The molecular weight excluding hydrogens is 542 g/mol. The van der Waals surface area contributed by atoms with Crippen molar-refractivity contribution in [3.63, 3.8) is 0 Å². The van der Waals surface area contributed by atoms with Crippen molar-refractivity contribution in [2.75, 3.05) is 30.8 Å². The van der Waals surface area contributed by atoms with Crippen LogP contribution in [-0.2, 0) is 26.2 Å². The first-order valence-electron chi connectivity index (χ1n) is 13.5. The lowest BCUT2D eigenvalue weighted by molar-refractivity contribution is -0.140. The van der Waals surface area contributed by atoms with Crippen LogP contribution in [-0.4, -0.2) is 57.6 Å². The zero-order chi connectivity index (χ0) is 30.0. The molecule has 0 aromatic heterocycles. The molecule has 3 rings (SSSR count). The maximum atomic E-state index is 13.8. The molecule has 0 bridgehead atoms. The Balaban J connectivity index is 1.88. The number of benzene rings is 3. The number of ether oxygens (including phenoxy) is 2. The predicted molar refractivity (Wildman–Crippen MR) is 161 cm³/mol. The molecule has 1 N–H and O–H groups in total. The van der Waals surface area contributed by atoms with Gasteiger partial charge in [-0.2, -0.15) is 0 Å². The minimum atomic E-state index is -3.85. The van der Waals surface area contributed by atoms with Gasteiger partial charge in [0.25, 0.3) is 0 Å². The lowest BCUT2D eigenvalue weighted by Crippen LogP contribution is -2.52. The molecular formula is C31H39N3O6S. The van der Waals surface area contributed by atoms with E-state index in [0.717, 1.165) is 16.1 Å². The summed E-state index contributed by atoms with van der Waals surface area (Å²) in [5.74, 6) is 1.28. The second kappa shape index (κ2) is 14.5. The van der Waals surface area contributed by atoms with E-state index >= 15 is 0 Å². The van der Waals surface area contributed by atoms with Crippen LogP contribution >= 0.6 is 0 Å². The second-order valence-electron chi connectivity index (χ2n) is 10.1. The van der Waals surface area contributed by atoms with E-state index in [0.29, 0.717) is 35.9 Å². The van der Waals surface area contributed by atoms with Crippen LogP contribution in [0, 0.1) is 5.92 Å². The number of methoxy groups -OCH3 is 1. The molecule has 0 heterocycles. The molecule has 10 heteroatoms. The van der Waals surface area contributed by atoms with E-state index < -0.39 is 28.5 Å². The SMILES string of the molecule is CC[C@@H](C(=O)NCC(C)C)N(Cc1ccc(OC)cc1)C(=O)CN(c1ccc(Oc2ccccc2)cc1)S(C)(=O)=O. The van der Waals surface area contributed by atoms with Gasteiger partial charge in [0.05, 0.1) is 19.1 Å². The van der Waals surface area contributed by atoms with Gasteiger partial charge in [-0.05, 0) is 66.4 Å². The van der Waals surface area contributed by atoms with E-state index in [1.807, 2.05) is 63.2 Å². The summed E-state index contributed by atoms with van der Waals surface area (Å²) < 4.78 is 37.8. The van der Waals surface area contributed by atoms with Crippen molar-refractivity contribution in [3.05, 3.63) is 84.4 Å². The fourth-order valence-electron chi connectivity index (χ4n) is 4.19. The van der Waals surface area contributed by atoms with Crippen molar-refractivity contribution in [2.24, 2.45) is 5.92 Å². The summed E-state index contributed by atoms with van der Waals surface area (Å²) in [5, 5.41) is 2.92. The fourth-order valence-corrected chi connectivity index (χ4v) is 5.04. The fraction of sp³-hybridized carbons (Fsp3) is 0.355. The normalized spacial score (nSPS) is 12.0. The summed E-state index contributed by atoms with van der Waals surface area (Å²) in [4.78, 5) is 28.5. The molecule has 0 radical (unpaired) electrons. The number of para-hydroxylation sites is 1. The van der Waals surface area contributed by atoms with Gasteiger partial charge in [-0.1, -0.05) is 51.1 Å². The zero-order valence-electron chi connectivity index (χ0n) is 24.2. The highest BCUT2D eigenvalue weighted by Gasteiger charge is 2.31. The van der Waals surface area contributed by atoms with Crippen molar-refractivity contribution in [3.8, 4) is 17.2 Å². The van der Waals surface area contributed by atoms with Crippen LogP contribution in [0.25, 0.3) is 0 Å². The summed E-state index contributed by atoms with van der Waals surface area (Å²) in [6.07, 6.45) is 1.41. The number of nitrogens with one attached hydrogen (secondary N) is 1. The lowest BCUT2D eigenvalue weighted by atomic mass is 10.1. The molecule has 0 unspecified atom stereocenters. The van der Waals surface area contributed by atoms with E-state index in [4.69, 9.17) is 9.47 Å². The Morgan fingerprint density at radius 2 is 1.46 bits per heavy atom. The number of nitrogens with zero attached hydrogens (tertiary/aromatic N) is 2. The van der Waals surface area contributed by atoms with Crippen LogP contribution in [0.4, 0.5) is 5.69 Å². The van der Waals surface area contributed by atoms with Crippen molar-refractivity contribution < 1.29 is 27.5 Å². The summed E-state index contributed by atoms with van der Waals surface area (Å²) in [6.45, 7) is 5.92. The van der Waals surface area contributed by atoms with Gasteiger partial charge >= 0.3 is 0 Å². The van der Waals surface area contributed by atoms with Gasteiger partial charge < -0.3 is 19.7 Å². The van der Waals surface area contributed by atoms with Gasteiger partial charge in [-0.15, -0.1) is 0 Å². The number of hydrogen-bond acceptors (Lipinski definition) is 6. The Labute approximate surface area is 243 Å². The average molecular weight is 582 g/mol. The molecule has 3 aromatic rings. The Hall–Kier alpha value is -4.05. The predicted octanol–water partition coefficient (Wildman–Crippen LogP) is 4.83. The summed E-state index contributed by atoms with van der Waals surface area (Å²) in [6, 6.07) is 22.1. The summed E-state index contributed by atoms with van der Waals surface area (Å²) in [7, 11) is -2.28. The molecule has 9 nitrogen and oxygen atoms in total. The Bertz CT molecular complexity index is 1380. The largest absolute Gasteiger partial charge is 0.497 e. The van der Waals surface area contributed by atoms with Gasteiger partial charge in [0.1, 0.15) is 29.8 Å². The minimum Gasteiger partial charge on any atom is -0.497 e. The first-order valence-corrected chi connectivity index (χ1v) is 15.4. The molecule has 0 aliphatic heterocycles. The average Bonchev–Trinajstić information content (AvgIpc) is 2.95. The van der Waals surface area contributed by atoms with Crippen LogP contribution in [0.1, 0.15) is 32.8 Å². The zero-order valence-corrected chi connectivity index (χ0v) is 25.1. The number of rotatable bonds is 14. The van der Waals surface area contributed by atoms with Crippen molar-refractivity contribution in [1.82, 2.24) is 10.2 Å². The van der Waals surface area contributed by atoms with Crippen LogP contribution in [0.15, 0.2) is 78.9 Å². The lowest BCUT2D eigenvalue weighted by Gasteiger charge is -2.33. The van der Waals surface area contributed by atoms with Crippen LogP contribution in [0.3, 0.4) is 0 Å². The Kier molecular flexibility index (Phi) is 11.2. The Morgan fingerprint density at radius 1 is 0.878 bits per heavy atom. The number of carbonyl (C=O) groups excluding carboxylic acids is 2. The van der Waals surface area contributed by atoms with Gasteiger partial charge in [0, 0.05) is 13.1 Å². The number of amides is 2. The van der Waals surface area contributed by atoms with Crippen LogP contribution in [0.2, 0.25) is 0 Å². The highest BCUT2D eigenvalue weighted by atomic mass is 32.2.